The van der Waals surface area contributed by atoms with E-state index in [0.29, 0.717) is 12.1 Å². The normalized spacial score (nSPS) is 11.0. The van der Waals surface area contributed by atoms with Gasteiger partial charge in [-0.2, -0.15) is 5.26 Å². The summed E-state index contributed by atoms with van der Waals surface area (Å²) in [5, 5.41) is 15.3. The Bertz CT molecular complexity index is 721. The van der Waals surface area contributed by atoms with E-state index in [9.17, 15) is 4.39 Å². The Kier molecular flexibility index (Phi) is 7.80. The van der Waals surface area contributed by atoms with Crippen molar-refractivity contribution in [2.24, 2.45) is 4.99 Å². The van der Waals surface area contributed by atoms with E-state index in [1.54, 1.807) is 43.1 Å². The molecule has 0 bridgehead atoms. The molecule has 0 unspecified atom stereocenters. The molecule has 0 aromatic heterocycles. The summed E-state index contributed by atoms with van der Waals surface area (Å²) in [5.74, 6) is 1.49. The van der Waals surface area contributed by atoms with Crippen LogP contribution in [-0.2, 0) is 6.54 Å². The van der Waals surface area contributed by atoms with Gasteiger partial charge in [0.2, 0.25) is 0 Å². The average Bonchev–Trinajstić information content (AvgIpc) is 2.66. The topological polar surface area (TPSA) is 60.2 Å². The van der Waals surface area contributed by atoms with E-state index in [4.69, 9.17) is 5.26 Å². The molecule has 2 rings (SSSR count). The second kappa shape index (κ2) is 10.4. The number of halogens is 1. The van der Waals surface area contributed by atoms with Gasteiger partial charge in [0.15, 0.2) is 5.96 Å². The molecule has 0 amide bonds. The van der Waals surface area contributed by atoms with E-state index in [-0.39, 0.29) is 5.82 Å². The fourth-order valence-corrected chi connectivity index (χ4v) is 2.96. The Morgan fingerprint density at radius 3 is 2.48 bits per heavy atom. The molecule has 6 heteroatoms. The van der Waals surface area contributed by atoms with Crippen molar-refractivity contribution >= 4 is 17.7 Å². The van der Waals surface area contributed by atoms with Crippen molar-refractivity contribution < 1.29 is 4.39 Å². The quantitative estimate of drug-likeness (QED) is 0.345. The number of nitrogens with zero attached hydrogens (tertiary/aromatic N) is 2. The Balaban J connectivity index is 1.64. The molecule has 0 aliphatic rings. The van der Waals surface area contributed by atoms with Gasteiger partial charge in [0.1, 0.15) is 5.82 Å². The number of aliphatic imine (C=N–C) groups is 1. The van der Waals surface area contributed by atoms with Gasteiger partial charge in [-0.1, -0.05) is 12.1 Å². The van der Waals surface area contributed by atoms with Gasteiger partial charge in [-0.25, -0.2) is 4.39 Å². The van der Waals surface area contributed by atoms with Crippen LogP contribution in [-0.4, -0.2) is 25.3 Å². The first-order valence-corrected chi connectivity index (χ1v) is 9.02. The summed E-state index contributed by atoms with van der Waals surface area (Å²) >= 11 is 1.71. The number of thioether (sulfide) groups is 1. The maximum absolute atomic E-state index is 12.8. The number of nitrogens with one attached hydrogen (secondary N) is 2. The van der Waals surface area contributed by atoms with Crippen LogP contribution in [0.3, 0.4) is 0 Å². The minimum Gasteiger partial charge on any atom is -0.356 e. The summed E-state index contributed by atoms with van der Waals surface area (Å²) < 4.78 is 12.8. The van der Waals surface area contributed by atoms with Gasteiger partial charge in [-0.15, -0.1) is 11.8 Å². The lowest BCUT2D eigenvalue weighted by Gasteiger charge is -2.12. The molecule has 0 atom stereocenters. The van der Waals surface area contributed by atoms with Crippen molar-refractivity contribution in [2.45, 2.75) is 17.9 Å². The highest BCUT2D eigenvalue weighted by Gasteiger charge is 2.00. The Morgan fingerprint density at radius 1 is 1.12 bits per heavy atom. The number of rotatable bonds is 7. The SMILES string of the molecule is CN=C(NCCCSc1ccc(F)cc1)NCc1ccc(C#N)cc1. The zero-order valence-electron chi connectivity index (χ0n) is 14.1. The molecule has 0 aliphatic carbocycles. The third-order valence-electron chi connectivity index (χ3n) is 3.46. The van der Waals surface area contributed by atoms with Crippen molar-refractivity contribution in [1.29, 1.82) is 5.26 Å². The Labute approximate surface area is 152 Å². The lowest BCUT2D eigenvalue weighted by Crippen LogP contribution is -2.37. The smallest absolute Gasteiger partial charge is 0.191 e. The van der Waals surface area contributed by atoms with Crippen LogP contribution in [0.5, 0.6) is 0 Å². The zero-order chi connectivity index (χ0) is 17.9. The molecule has 0 radical (unpaired) electrons. The summed E-state index contributed by atoms with van der Waals surface area (Å²) in [6.07, 6.45) is 0.972. The van der Waals surface area contributed by atoms with E-state index >= 15 is 0 Å². The van der Waals surface area contributed by atoms with Crippen LogP contribution in [0.1, 0.15) is 17.5 Å². The van der Waals surface area contributed by atoms with E-state index in [1.165, 1.54) is 12.1 Å². The Hall–Kier alpha value is -2.52. The lowest BCUT2D eigenvalue weighted by molar-refractivity contribution is 0.626. The molecule has 25 heavy (non-hydrogen) atoms. The van der Waals surface area contributed by atoms with Gasteiger partial charge in [0.25, 0.3) is 0 Å². The summed E-state index contributed by atoms with van der Waals surface area (Å²) in [5.41, 5.74) is 1.75. The first-order chi connectivity index (χ1) is 12.2. The summed E-state index contributed by atoms with van der Waals surface area (Å²) in [4.78, 5) is 5.27. The fraction of sp³-hybridized carbons (Fsp3) is 0.263. The number of benzene rings is 2. The maximum atomic E-state index is 12.8. The zero-order valence-corrected chi connectivity index (χ0v) is 14.9. The molecule has 0 fully saturated rings. The molecule has 2 N–H and O–H groups in total. The number of nitriles is 1. The molecule has 0 aliphatic heterocycles. The summed E-state index contributed by atoms with van der Waals surface area (Å²) in [7, 11) is 1.74. The van der Waals surface area contributed by atoms with Crippen LogP contribution in [0.2, 0.25) is 0 Å². The van der Waals surface area contributed by atoms with Crippen molar-refractivity contribution in [3.63, 3.8) is 0 Å². The molecule has 0 saturated heterocycles. The van der Waals surface area contributed by atoms with Gasteiger partial charge in [-0.3, -0.25) is 4.99 Å². The number of hydrogen-bond acceptors (Lipinski definition) is 3. The van der Waals surface area contributed by atoms with Crippen LogP contribution in [0.4, 0.5) is 4.39 Å². The van der Waals surface area contributed by atoms with Gasteiger partial charge >= 0.3 is 0 Å². The van der Waals surface area contributed by atoms with E-state index < -0.39 is 0 Å². The standard InChI is InChI=1S/C19H21FN4S/c1-22-19(24-14-16-5-3-15(13-21)4-6-16)23-11-2-12-25-18-9-7-17(20)8-10-18/h3-10H,2,11-12,14H2,1H3,(H2,22,23,24). The monoisotopic (exact) mass is 356 g/mol. The van der Waals surface area contributed by atoms with Crippen LogP contribution < -0.4 is 10.6 Å². The van der Waals surface area contributed by atoms with Crippen LogP contribution >= 0.6 is 11.8 Å². The van der Waals surface area contributed by atoms with Gasteiger partial charge in [0, 0.05) is 25.0 Å². The highest BCUT2D eigenvalue weighted by atomic mass is 32.2. The van der Waals surface area contributed by atoms with Crippen molar-refractivity contribution in [1.82, 2.24) is 10.6 Å². The summed E-state index contributed by atoms with van der Waals surface area (Å²) in [6, 6.07) is 16.1. The Morgan fingerprint density at radius 2 is 1.84 bits per heavy atom. The average molecular weight is 356 g/mol. The van der Waals surface area contributed by atoms with Crippen molar-refractivity contribution in [2.75, 3.05) is 19.3 Å². The fourth-order valence-electron chi connectivity index (χ4n) is 2.10. The van der Waals surface area contributed by atoms with Crippen LogP contribution in [0, 0.1) is 17.1 Å². The highest BCUT2D eigenvalue weighted by molar-refractivity contribution is 7.99. The van der Waals surface area contributed by atoms with Gasteiger partial charge in [-0.05, 0) is 54.1 Å². The van der Waals surface area contributed by atoms with E-state index in [0.717, 1.165) is 35.1 Å². The first kappa shape index (κ1) is 18.8. The molecule has 0 heterocycles. The third-order valence-corrected chi connectivity index (χ3v) is 4.56. The molecule has 2 aromatic rings. The summed E-state index contributed by atoms with van der Waals surface area (Å²) in [6.45, 7) is 1.46. The molecule has 0 saturated carbocycles. The van der Waals surface area contributed by atoms with E-state index in [2.05, 4.69) is 21.7 Å². The molecular weight excluding hydrogens is 335 g/mol. The predicted molar refractivity (Wildman–Crippen MR) is 101 cm³/mol. The second-order valence-corrected chi connectivity index (χ2v) is 6.49. The van der Waals surface area contributed by atoms with Crippen LogP contribution in [0.25, 0.3) is 0 Å². The largest absolute Gasteiger partial charge is 0.356 e. The molecule has 2 aromatic carbocycles. The first-order valence-electron chi connectivity index (χ1n) is 8.03. The van der Waals surface area contributed by atoms with Crippen LogP contribution in [0.15, 0.2) is 58.4 Å². The molecule has 130 valence electrons. The highest BCUT2D eigenvalue weighted by Crippen LogP contribution is 2.18. The van der Waals surface area contributed by atoms with Gasteiger partial charge in [0.05, 0.1) is 11.6 Å². The van der Waals surface area contributed by atoms with Crippen molar-refractivity contribution in [3.05, 3.63) is 65.5 Å². The number of guanidine groups is 1. The maximum Gasteiger partial charge on any atom is 0.191 e. The predicted octanol–water partition coefficient (Wildman–Crippen LogP) is 3.54. The van der Waals surface area contributed by atoms with Crippen molar-refractivity contribution in [3.8, 4) is 6.07 Å². The second-order valence-electron chi connectivity index (χ2n) is 5.32. The minimum atomic E-state index is -0.205. The van der Waals surface area contributed by atoms with Gasteiger partial charge < -0.3 is 10.6 Å². The molecule has 0 spiro atoms. The molecular formula is C19H21FN4S. The lowest BCUT2D eigenvalue weighted by atomic mass is 10.1. The minimum absolute atomic E-state index is 0.205. The number of hydrogen-bond donors (Lipinski definition) is 2. The molecule has 4 nitrogen and oxygen atoms in total. The van der Waals surface area contributed by atoms with E-state index in [1.807, 2.05) is 12.1 Å². The third kappa shape index (κ3) is 6.86.